The zero-order chi connectivity index (χ0) is 11.3. The lowest BCUT2D eigenvalue weighted by Crippen LogP contribution is -2.01. The second kappa shape index (κ2) is 5.58. The van der Waals surface area contributed by atoms with Gasteiger partial charge in [-0.3, -0.25) is 4.99 Å². The van der Waals surface area contributed by atoms with Crippen LogP contribution in [0.2, 0.25) is 5.02 Å². The van der Waals surface area contributed by atoms with E-state index in [0.29, 0.717) is 16.3 Å². The molecule has 0 bridgehead atoms. The van der Waals surface area contributed by atoms with Crippen LogP contribution in [-0.2, 0) is 4.74 Å². The van der Waals surface area contributed by atoms with Gasteiger partial charge in [-0.05, 0) is 18.2 Å². The number of carbonyl (C=O) groups excluding carboxylic acids is 1. The smallest absolute Gasteiger partial charge is 0.340 e. The highest BCUT2D eigenvalue weighted by molar-refractivity contribution is 7.80. The third-order valence-electron chi connectivity index (χ3n) is 1.64. The molecule has 1 rings (SSSR count). The molecule has 0 radical (unpaired) electrons. The van der Waals surface area contributed by atoms with E-state index in [9.17, 15) is 4.79 Å². The third kappa shape index (κ3) is 3.11. The van der Waals surface area contributed by atoms with E-state index in [1.807, 2.05) is 0 Å². The van der Waals surface area contributed by atoms with Crippen molar-refractivity contribution < 1.29 is 9.53 Å². The summed E-state index contributed by atoms with van der Waals surface area (Å²) >= 11 is 10.4. The van der Waals surface area contributed by atoms with Gasteiger partial charge < -0.3 is 4.74 Å². The molecule has 1 aromatic carbocycles. The minimum atomic E-state index is -0.478. The van der Waals surface area contributed by atoms with Crippen LogP contribution >= 0.6 is 23.8 Å². The Labute approximate surface area is 97.7 Å². The highest BCUT2D eigenvalue weighted by atomic mass is 35.5. The zero-order valence-corrected chi connectivity index (χ0v) is 9.51. The number of methoxy groups -OCH3 is 1. The molecule has 0 unspecified atom stereocenters. The van der Waals surface area contributed by atoms with Gasteiger partial charge in [-0.1, -0.05) is 23.8 Å². The lowest BCUT2D eigenvalue weighted by molar-refractivity contribution is 0.0602. The van der Waals surface area contributed by atoms with Crippen molar-refractivity contribution >= 4 is 47.1 Å². The molecule has 3 nitrogen and oxygen atoms in total. The largest absolute Gasteiger partial charge is 0.465 e. The molecule has 0 aliphatic carbocycles. The van der Waals surface area contributed by atoms with E-state index in [-0.39, 0.29) is 0 Å². The highest BCUT2D eigenvalue weighted by Crippen LogP contribution is 2.23. The first-order valence-corrected chi connectivity index (χ1v) is 4.89. The average Bonchev–Trinajstić information content (AvgIpc) is 2.26. The van der Waals surface area contributed by atoms with Crippen LogP contribution in [0.15, 0.2) is 23.2 Å². The zero-order valence-electron chi connectivity index (χ0n) is 7.94. The number of carbonyl (C=O) groups is 1. The van der Waals surface area contributed by atoms with Gasteiger partial charge >= 0.3 is 5.97 Å². The normalized spacial score (nSPS) is 10.3. The van der Waals surface area contributed by atoms with Crippen LogP contribution in [-0.4, -0.2) is 24.7 Å². The summed E-state index contributed by atoms with van der Waals surface area (Å²) in [5.41, 5.74) is 0.797. The second-order valence-electron chi connectivity index (χ2n) is 2.57. The molecule has 0 saturated heterocycles. The maximum atomic E-state index is 11.4. The monoisotopic (exact) mass is 241 g/mol. The van der Waals surface area contributed by atoms with Crippen LogP contribution in [0.3, 0.4) is 0 Å². The van der Waals surface area contributed by atoms with Gasteiger partial charge in [0.05, 0.1) is 18.4 Å². The number of hydrogen-bond acceptors (Lipinski definition) is 4. The Morgan fingerprint density at radius 1 is 1.60 bits per heavy atom. The molecule has 0 N–H and O–H groups in total. The Bertz CT molecular complexity index is 418. The average molecular weight is 242 g/mol. The predicted octanol–water partition coefficient (Wildman–Crippen LogP) is 2.83. The Hall–Kier alpha value is -1.26. The van der Waals surface area contributed by atoms with E-state index < -0.39 is 5.97 Å². The molecule has 78 valence electrons. The van der Waals surface area contributed by atoms with Gasteiger partial charge in [0.1, 0.15) is 0 Å². The van der Waals surface area contributed by atoms with Crippen LogP contribution in [0.4, 0.5) is 5.69 Å². The lowest BCUT2D eigenvalue weighted by Gasteiger charge is -2.03. The van der Waals surface area contributed by atoms with Crippen LogP contribution in [0.25, 0.3) is 0 Å². The van der Waals surface area contributed by atoms with Gasteiger partial charge in [0, 0.05) is 16.6 Å². The van der Waals surface area contributed by atoms with Crippen molar-refractivity contribution in [2.45, 2.75) is 0 Å². The molecule has 0 spiro atoms. The first-order chi connectivity index (χ1) is 7.19. The van der Waals surface area contributed by atoms with E-state index in [2.05, 4.69) is 21.9 Å². The molecular weight excluding hydrogens is 234 g/mol. The first kappa shape index (κ1) is 11.8. The SMILES string of the molecule is COC(=O)c1cc(Cl)ccc1N=CC=S. The van der Waals surface area contributed by atoms with Crippen molar-refractivity contribution in [3.8, 4) is 0 Å². The fourth-order valence-corrected chi connectivity index (χ4v) is 1.24. The Morgan fingerprint density at radius 3 is 2.93 bits per heavy atom. The van der Waals surface area contributed by atoms with Crippen molar-refractivity contribution in [3.05, 3.63) is 28.8 Å². The number of esters is 1. The fraction of sp³-hybridized carbons (Fsp3) is 0.100. The fourth-order valence-electron chi connectivity index (χ4n) is 1.01. The summed E-state index contributed by atoms with van der Waals surface area (Å²) < 4.78 is 4.60. The van der Waals surface area contributed by atoms with Gasteiger partial charge in [0.2, 0.25) is 0 Å². The quantitative estimate of drug-likeness (QED) is 0.464. The van der Waals surface area contributed by atoms with Gasteiger partial charge in [0.25, 0.3) is 0 Å². The summed E-state index contributed by atoms with van der Waals surface area (Å²) in [5.74, 6) is -0.478. The maximum absolute atomic E-state index is 11.4. The maximum Gasteiger partial charge on any atom is 0.340 e. The summed E-state index contributed by atoms with van der Waals surface area (Å²) in [6, 6.07) is 4.78. The molecule has 0 aliphatic rings. The number of rotatable bonds is 3. The Balaban J connectivity index is 3.19. The molecule has 5 heteroatoms. The number of benzene rings is 1. The van der Waals surface area contributed by atoms with Gasteiger partial charge in [0.15, 0.2) is 0 Å². The summed E-state index contributed by atoms with van der Waals surface area (Å²) in [6.07, 6.45) is 1.42. The first-order valence-electron chi connectivity index (χ1n) is 4.04. The standard InChI is InChI=1S/C10H8ClNO2S/c1-14-10(13)8-6-7(11)2-3-9(8)12-4-5-15/h2-6H,1H3. The number of ether oxygens (including phenoxy) is 1. The molecular formula is C10H8ClNO2S. The summed E-state index contributed by atoms with van der Waals surface area (Å²) in [5, 5.41) is 1.81. The number of aliphatic imine (C=N–C) groups is 1. The van der Waals surface area contributed by atoms with Crippen molar-refractivity contribution in [2.75, 3.05) is 7.11 Å². The number of thiocarbonyl (C=S) groups is 1. The van der Waals surface area contributed by atoms with Crippen molar-refractivity contribution in [1.29, 1.82) is 0 Å². The van der Waals surface area contributed by atoms with Crippen molar-refractivity contribution in [2.24, 2.45) is 4.99 Å². The Morgan fingerprint density at radius 2 is 2.33 bits per heavy atom. The number of halogens is 1. The van der Waals surface area contributed by atoms with Crippen molar-refractivity contribution in [3.63, 3.8) is 0 Å². The molecule has 0 atom stereocenters. The summed E-state index contributed by atoms with van der Waals surface area (Å²) in [4.78, 5) is 15.3. The minimum absolute atomic E-state index is 0.318. The molecule has 0 aliphatic heterocycles. The van der Waals surface area contributed by atoms with E-state index in [1.54, 1.807) is 12.1 Å². The van der Waals surface area contributed by atoms with Crippen LogP contribution in [0.1, 0.15) is 10.4 Å². The minimum Gasteiger partial charge on any atom is -0.465 e. The predicted molar refractivity (Wildman–Crippen MR) is 64.6 cm³/mol. The van der Waals surface area contributed by atoms with Crippen LogP contribution in [0, 0.1) is 0 Å². The molecule has 15 heavy (non-hydrogen) atoms. The number of hydrogen-bond donors (Lipinski definition) is 0. The van der Waals surface area contributed by atoms with Gasteiger partial charge in [-0.2, -0.15) is 0 Å². The summed E-state index contributed by atoms with van der Waals surface area (Å²) in [7, 11) is 1.30. The number of nitrogens with zero attached hydrogens (tertiary/aromatic N) is 1. The third-order valence-corrected chi connectivity index (χ3v) is 2.00. The second-order valence-corrected chi connectivity index (χ2v) is 3.28. The highest BCUT2D eigenvalue weighted by Gasteiger charge is 2.11. The van der Waals surface area contributed by atoms with E-state index in [0.717, 1.165) is 0 Å². The lowest BCUT2D eigenvalue weighted by atomic mass is 10.2. The molecule has 1 aromatic rings. The molecule has 0 heterocycles. The topological polar surface area (TPSA) is 38.7 Å². The molecule has 0 amide bonds. The molecule has 0 saturated carbocycles. The van der Waals surface area contributed by atoms with E-state index in [4.69, 9.17) is 11.6 Å². The van der Waals surface area contributed by atoms with Gasteiger partial charge in [-0.25, -0.2) is 4.79 Å². The van der Waals surface area contributed by atoms with E-state index in [1.165, 1.54) is 24.8 Å². The summed E-state index contributed by atoms with van der Waals surface area (Å²) in [6.45, 7) is 0. The van der Waals surface area contributed by atoms with Crippen LogP contribution in [0.5, 0.6) is 0 Å². The van der Waals surface area contributed by atoms with Crippen molar-refractivity contribution in [1.82, 2.24) is 0 Å². The Kier molecular flexibility index (Phi) is 4.39. The molecule has 0 aromatic heterocycles. The molecule has 0 fully saturated rings. The van der Waals surface area contributed by atoms with E-state index >= 15 is 0 Å². The van der Waals surface area contributed by atoms with Gasteiger partial charge in [-0.15, -0.1) is 0 Å². The van der Waals surface area contributed by atoms with Crippen LogP contribution < -0.4 is 0 Å².